The normalized spacial score (nSPS) is 12.0. The molecule has 0 radical (unpaired) electrons. The van der Waals surface area contributed by atoms with E-state index in [9.17, 15) is 13.6 Å². The third-order valence-corrected chi connectivity index (χ3v) is 4.83. The fourth-order valence-electron chi connectivity index (χ4n) is 1.61. The zero-order chi connectivity index (χ0) is 15.4. The number of thioether (sulfide) groups is 1. The molecule has 2 rings (SSSR count). The number of amides is 1. The second-order valence-corrected chi connectivity index (χ2v) is 6.54. The number of hydrogen-bond acceptors (Lipinski definition) is 2. The van der Waals surface area contributed by atoms with E-state index in [-0.39, 0.29) is 11.6 Å². The smallest absolute Gasteiger partial charge is 0.237 e. The maximum atomic E-state index is 13.5. The summed E-state index contributed by atoms with van der Waals surface area (Å²) < 4.78 is 27.2. The first-order valence-electron chi connectivity index (χ1n) is 6.14. The molecule has 0 aliphatic heterocycles. The summed E-state index contributed by atoms with van der Waals surface area (Å²) in [5.74, 6) is -1.82. The zero-order valence-corrected chi connectivity index (χ0v) is 13.5. The number of hydrogen-bond donors (Lipinski definition) is 1. The molecular weight excluding hydrogens is 360 g/mol. The average molecular weight is 372 g/mol. The van der Waals surface area contributed by atoms with Gasteiger partial charge in [0.05, 0.1) is 10.9 Å². The minimum atomic E-state index is -0.790. The molecule has 1 unspecified atom stereocenters. The molecule has 0 heterocycles. The summed E-state index contributed by atoms with van der Waals surface area (Å²) in [6.07, 6.45) is 0. The van der Waals surface area contributed by atoms with E-state index < -0.39 is 16.9 Å². The first-order valence-corrected chi connectivity index (χ1v) is 7.81. The third kappa shape index (κ3) is 4.28. The first-order chi connectivity index (χ1) is 9.97. The molecule has 0 aliphatic rings. The van der Waals surface area contributed by atoms with Gasteiger partial charge in [-0.1, -0.05) is 12.1 Å². The van der Waals surface area contributed by atoms with Gasteiger partial charge in [0.1, 0.15) is 11.6 Å². The van der Waals surface area contributed by atoms with E-state index in [4.69, 9.17) is 0 Å². The third-order valence-electron chi connectivity index (χ3n) is 2.70. The fraction of sp³-hybridized carbons (Fsp3) is 0.133. The summed E-state index contributed by atoms with van der Waals surface area (Å²) in [4.78, 5) is 13.0. The van der Waals surface area contributed by atoms with Crippen molar-refractivity contribution in [1.29, 1.82) is 0 Å². The predicted molar refractivity (Wildman–Crippen MR) is 84.4 cm³/mol. The lowest BCUT2D eigenvalue weighted by Crippen LogP contribution is -2.23. The Kier molecular flexibility index (Phi) is 5.36. The maximum absolute atomic E-state index is 13.5. The van der Waals surface area contributed by atoms with Crippen LogP contribution in [0, 0.1) is 11.6 Å². The van der Waals surface area contributed by atoms with E-state index in [0.717, 1.165) is 21.5 Å². The lowest BCUT2D eigenvalue weighted by Gasteiger charge is -2.13. The topological polar surface area (TPSA) is 29.1 Å². The SMILES string of the molecule is CC(Sc1ccccc1Br)C(=O)Nc1ccc(F)cc1F. The summed E-state index contributed by atoms with van der Waals surface area (Å²) in [6.45, 7) is 1.72. The monoisotopic (exact) mass is 371 g/mol. The van der Waals surface area contributed by atoms with Crippen LogP contribution in [-0.2, 0) is 4.79 Å². The van der Waals surface area contributed by atoms with Crippen molar-refractivity contribution in [3.05, 3.63) is 58.6 Å². The maximum Gasteiger partial charge on any atom is 0.237 e. The zero-order valence-electron chi connectivity index (χ0n) is 11.1. The molecule has 2 aromatic carbocycles. The number of carbonyl (C=O) groups excluding carboxylic acids is 1. The van der Waals surface area contributed by atoms with Crippen molar-refractivity contribution in [3.63, 3.8) is 0 Å². The molecule has 1 amide bonds. The van der Waals surface area contributed by atoms with Crippen molar-refractivity contribution >= 4 is 39.3 Å². The molecule has 0 saturated heterocycles. The molecule has 6 heteroatoms. The second-order valence-electron chi connectivity index (χ2n) is 4.30. The van der Waals surface area contributed by atoms with Crippen LogP contribution in [0.5, 0.6) is 0 Å². The predicted octanol–water partition coefficient (Wildman–Crippen LogP) is 4.85. The molecule has 0 fully saturated rings. The Balaban J connectivity index is 2.04. The first kappa shape index (κ1) is 16.0. The van der Waals surface area contributed by atoms with E-state index in [1.54, 1.807) is 6.92 Å². The molecule has 2 nitrogen and oxygen atoms in total. The van der Waals surface area contributed by atoms with E-state index in [1.807, 2.05) is 24.3 Å². The molecule has 0 bridgehead atoms. The van der Waals surface area contributed by atoms with Crippen LogP contribution in [0.15, 0.2) is 51.8 Å². The van der Waals surface area contributed by atoms with Gasteiger partial charge in [0.2, 0.25) is 5.91 Å². The van der Waals surface area contributed by atoms with Crippen LogP contribution >= 0.6 is 27.7 Å². The van der Waals surface area contributed by atoms with Crippen molar-refractivity contribution in [2.75, 3.05) is 5.32 Å². The van der Waals surface area contributed by atoms with Crippen molar-refractivity contribution in [1.82, 2.24) is 0 Å². The Morgan fingerprint density at radius 1 is 1.24 bits per heavy atom. The van der Waals surface area contributed by atoms with E-state index in [2.05, 4.69) is 21.2 Å². The lowest BCUT2D eigenvalue weighted by molar-refractivity contribution is -0.115. The standard InChI is InChI=1S/C15H12BrF2NOS/c1-9(21-14-5-3-2-4-11(14)16)15(20)19-13-7-6-10(17)8-12(13)18/h2-9H,1H3,(H,19,20). The van der Waals surface area contributed by atoms with Gasteiger partial charge in [-0.3, -0.25) is 4.79 Å². The quantitative estimate of drug-likeness (QED) is 0.778. The molecule has 2 aromatic rings. The molecular formula is C15H12BrF2NOS. The van der Waals surface area contributed by atoms with Crippen molar-refractivity contribution in [2.45, 2.75) is 17.1 Å². The number of rotatable bonds is 4. The highest BCUT2D eigenvalue weighted by molar-refractivity contribution is 9.10. The van der Waals surface area contributed by atoms with E-state index in [0.29, 0.717) is 0 Å². The second kappa shape index (κ2) is 7.04. The minimum absolute atomic E-state index is 0.0269. The van der Waals surface area contributed by atoms with Crippen LogP contribution in [0.2, 0.25) is 0 Å². The Hall–Kier alpha value is -1.40. The van der Waals surface area contributed by atoms with Gasteiger partial charge in [0.15, 0.2) is 0 Å². The molecule has 1 atom stereocenters. The van der Waals surface area contributed by atoms with Gasteiger partial charge in [0.25, 0.3) is 0 Å². The molecule has 0 spiro atoms. The van der Waals surface area contributed by atoms with Gasteiger partial charge in [0, 0.05) is 15.4 Å². The van der Waals surface area contributed by atoms with Gasteiger partial charge in [-0.05, 0) is 47.1 Å². The fourth-order valence-corrected chi connectivity index (χ4v) is 3.06. The Morgan fingerprint density at radius 2 is 1.95 bits per heavy atom. The summed E-state index contributed by atoms with van der Waals surface area (Å²) in [6, 6.07) is 10.6. The summed E-state index contributed by atoms with van der Waals surface area (Å²) in [5, 5.41) is 2.04. The Labute approximate surface area is 134 Å². The van der Waals surface area contributed by atoms with E-state index >= 15 is 0 Å². The summed E-state index contributed by atoms with van der Waals surface area (Å²) >= 11 is 4.76. The highest BCUT2D eigenvalue weighted by Crippen LogP contribution is 2.30. The largest absolute Gasteiger partial charge is 0.323 e. The lowest BCUT2D eigenvalue weighted by atomic mass is 10.3. The highest BCUT2D eigenvalue weighted by atomic mass is 79.9. The van der Waals surface area contributed by atoms with Crippen LogP contribution in [0.3, 0.4) is 0 Å². The van der Waals surface area contributed by atoms with Crippen LogP contribution in [0.1, 0.15) is 6.92 Å². The van der Waals surface area contributed by atoms with Crippen LogP contribution in [0.25, 0.3) is 0 Å². The van der Waals surface area contributed by atoms with Crippen LogP contribution < -0.4 is 5.32 Å². The number of carbonyl (C=O) groups is 1. The van der Waals surface area contributed by atoms with Crippen molar-refractivity contribution in [3.8, 4) is 0 Å². The molecule has 21 heavy (non-hydrogen) atoms. The number of benzene rings is 2. The Bertz CT molecular complexity index is 666. The molecule has 0 saturated carbocycles. The Morgan fingerprint density at radius 3 is 2.62 bits per heavy atom. The highest BCUT2D eigenvalue weighted by Gasteiger charge is 2.17. The molecule has 0 aromatic heterocycles. The van der Waals surface area contributed by atoms with Crippen LogP contribution in [0.4, 0.5) is 14.5 Å². The molecule has 110 valence electrons. The summed E-state index contributed by atoms with van der Waals surface area (Å²) in [5.41, 5.74) is -0.0269. The number of nitrogens with one attached hydrogen (secondary N) is 1. The number of anilines is 1. The van der Waals surface area contributed by atoms with Gasteiger partial charge in [-0.25, -0.2) is 8.78 Å². The van der Waals surface area contributed by atoms with Crippen molar-refractivity contribution in [2.24, 2.45) is 0 Å². The number of halogens is 3. The minimum Gasteiger partial charge on any atom is -0.323 e. The van der Waals surface area contributed by atoms with Gasteiger partial charge in [-0.15, -0.1) is 11.8 Å². The van der Waals surface area contributed by atoms with E-state index in [1.165, 1.54) is 17.8 Å². The van der Waals surface area contributed by atoms with Gasteiger partial charge < -0.3 is 5.32 Å². The molecule has 0 aliphatic carbocycles. The summed E-state index contributed by atoms with van der Waals surface area (Å²) in [7, 11) is 0. The average Bonchev–Trinajstić information content (AvgIpc) is 2.44. The van der Waals surface area contributed by atoms with Gasteiger partial charge >= 0.3 is 0 Å². The van der Waals surface area contributed by atoms with Gasteiger partial charge in [-0.2, -0.15) is 0 Å². The molecule has 1 N–H and O–H groups in total. The van der Waals surface area contributed by atoms with Crippen LogP contribution in [-0.4, -0.2) is 11.2 Å². The van der Waals surface area contributed by atoms with Crippen molar-refractivity contribution < 1.29 is 13.6 Å².